The standard InChI is InChI=1S/C18H28N2O3/c1-5-19(3)17(21)13-20-12-6-7-16(20)18(2,22)14-8-10-15(23-4)11-9-14/h8-11,16,22H,5-7,12-13H2,1-4H3/t16-,18-/m1/s1. The number of benzene rings is 1. The number of likely N-dealkylation sites (tertiary alicyclic amines) is 1. The van der Waals surface area contributed by atoms with Gasteiger partial charge in [0.2, 0.25) is 5.91 Å². The van der Waals surface area contributed by atoms with Crippen LogP contribution in [-0.2, 0) is 10.4 Å². The zero-order valence-corrected chi connectivity index (χ0v) is 14.6. The molecule has 5 heteroatoms. The van der Waals surface area contributed by atoms with Gasteiger partial charge in [-0.05, 0) is 50.9 Å². The first-order valence-corrected chi connectivity index (χ1v) is 8.25. The highest BCUT2D eigenvalue weighted by atomic mass is 16.5. The van der Waals surface area contributed by atoms with Crippen LogP contribution in [0.3, 0.4) is 0 Å². The van der Waals surface area contributed by atoms with Crippen molar-refractivity contribution in [1.82, 2.24) is 9.80 Å². The Morgan fingerprint density at radius 3 is 2.65 bits per heavy atom. The molecule has 1 saturated heterocycles. The number of hydrogen-bond acceptors (Lipinski definition) is 4. The fourth-order valence-corrected chi connectivity index (χ4v) is 3.24. The van der Waals surface area contributed by atoms with Gasteiger partial charge in [-0.2, -0.15) is 0 Å². The smallest absolute Gasteiger partial charge is 0.236 e. The average Bonchev–Trinajstić information content (AvgIpc) is 3.03. The first-order valence-electron chi connectivity index (χ1n) is 8.25. The number of aliphatic hydroxyl groups is 1. The van der Waals surface area contributed by atoms with E-state index in [0.717, 1.165) is 30.7 Å². The van der Waals surface area contributed by atoms with Crippen LogP contribution >= 0.6 is 0 Å². The van der Waals surface area contributed by atoms with Crippen molar-refractivity contribution in [3.8, 4) is 5.75 Å². The molecule has 0 radical (unpaired) electrons. The van der Waals surface area contributed by atoms with Crippen LogP contribution in [0.15, 0.2) is 24.3 Å². The van der Waals surface area contributed by atoms with Gasteiger partial charge >= 0.3 is 0 Å². The largest absolute Gasteiger partial charge is 0.497 e. The Balaban J connectivity index is 2.14. The Morgan fingerprint density at radius 1 is 1.43 bits per heavy atom. The summed E-state index contributed by atoms with van der Waals surface area (Å²) in [6.07, 6.45) is 1.89. The summed E-state index contributed by atoms with van der Waals surface area (Å²) >= 11 is 0. The van der Waals surface area contributed by atoms with E-state index in [1.54, 1.807) is 12.0 Å². The van der Waals surface area contributed by atoms with Gasteiger partial charge in [-0.15, -0.1) is 0 Å². The van der Waals surface area contributed by atoms with E-state index in [2.05, 4.69) is 4.90 Å². The summed E-state index contributed by atoms with van der Waals surface area (Å²) in [7, 11) is 3.44. The van der Waals surface area contributed by atoms with Crippen molar-refractivity contribution in [2.24, 2.45) is 0 Å². The average molecular weight is 320 g/mol. The molecule has 0 aromatic heterocycles. The lowest BCUT2D eigenvalue weighted by Crippen LogP contribution is -2.49. The van der Waals surface area contributed by atoms with E-state index in [9.17, 15) is 9.90 Å². The molecule has 1 aliphatic rings. The van der Waals surface area contributed by atoms with Crippen LogP contribution in [0.2, 0.25) is 0 Å². The molecular formula is C18H28N2O3. The maximum atomic E-state index is 12.2. The van der Waals surface area contributed by atoms with Crippen LogP contribution in [0.25, 0.3) is 0 Å². The molecule has 1 fully saturated rings. The van der Waals surface area contributed by atoms with Crippen molar-refractivity contribution in [3.05, 3.63) is 29.8 Å². The van der Waals surface area contributed by atoms with Gasteiger partial charge in [0.25, 0.3) is 0 Å². The normalized spacial score (nSPS) is 21.0. The van der Waals surface area contributed by atoms with Crippen LogP contribution in [0.4, 0.5) is 0 Å². The van der Waals surface area contributed by atoms with Crippen LogP contribution in [-0.4, -0.2) is 60.6 Å². The Morgan fingerprint density at radius 2 is 2.09 bits per heavy atom. The van der Waals surface area contributed by atoms with Crippen molar-refractivity contribution in [2.75, 3.05) is 33.8 Å². The van der Waals surface area contributed by atoms with E-state index in [1.807, 2.05) is 45.2 Å². The molecule has 1 N–H and O–H groups in total. The Labute approximate surface area is 138 Å². The van der Waals surface area contributed by atoms with Crippen molar-refractivity contribution < 1.29 is 14.6 Å². The predicted molar refractivity (Wildman–Crippen MR) is 90.5 cm³/mol. The maximum Gasteiger partial charge on any atom is 0.236 e. The molecule has 0 saturated carbocycles. The van der Waals surface area contributed by atoms with Crippen LogP contribution < -0.4 is 4.74 Å². The minimum atomic E-state index is -0.992. The lowest BCUT2D eigenvalue weighted by atomic mass is 9.86. The molecule has 1 heterocycles. The van der Waals surface area contributed by atoms with Crippen LogP contribution in [0.5, 0.6) is 5.75 Å². The molecule has 0 spiro atoms. The van der Waals surface area contributed by atoms with Gasteiger partial charge in [0.05, 0.1) is 13.7 Å². The molecular weight excluding hydrogens is 292 g/mol. The molecule has 5 nitrogen and oxygen atoms in total. The highest BCUT2D eigenvalue weighted by Crippen LogP contribution is 2.35. The van der Waals surface area contributed by atoms with Crippen molar-refractivity contribution >= 4 is 5.91 Å². The number of ether oxygens (including phenoxy) is 1. The number of amides is 1. The third-order valence-electron chi connectivity index (χ3n) is 4.93. The summed E-state index contributed by atoms with van der Waals surface area (Å²) in [4.78, 5) is 16.0. The second-order valence-electron chi connectivity index (χ2n) is 6.41. The molecule has 2 rings (SSSR count). The molecule has 23 heavy (non-hydrogen) atoms. The molecule has 1 amide bonds. The second-order valence-corrected chi connectivity index (χ2v) is 6.41. The summed E-state index contributed by atoms with van der Waals surface area (Å²) in [5, 5.41) is 11.1. The van der Waals surface area contributed by atoms with Gasteiger partial charge in [-0.1, -0.05) is 12.1 Å². The van der Waals surface area contributed by atoms with Crippen molar-refractivity contribution in [3.63, 3.8) is 0 Å². The van der Waals surface area contributed by atoms with E-state index >= 15 is 0 Å². The van der Waals surface area contributed by atoms with Gasteiger partial charge in [0, 0.05) is 19.6 Å². The van der Waals surface area contributed by atoms with Gasteiger partial charge in [0.15, 0.2) is 0 Å². The SMILES string of the molecule is CCN(C)C(=O)CN1CCC[C@@H]1[C@](C)(O)c1ccc(OC)cc1. The third kappa shape index (κ3) is 3.85. The van der Waals surface area contributed by atoms with Gasteiger partial charge < -0.3 is 14.7 Å². The summed E-state index contributed by atoms with van der Waals surface area (Å²) in [5.74, 6) is 0.873. The number of likely N-dealkylation sites (N-methyl/N-ethyl adjacent to an activating group) is 1. The van der Waals surface area contributed by atoms with Crippen molar-refractivity contribution in [1.29, 1.82) is 0 Å². The van der Waals surface area contributed by atoms with Crippen LogP contribution in [0.1, 0.15) is 32.3 Å². The van der Waals surface area contributed by atoms with E-state index < -0.39 is 5.60 Å². The van der Waals surface area contributed by atoms with E-state index in [0.29, 0.717) is 13.1 Å². The number of methoxy groups -OCH3 is 1. The number of rotatable bonds is 6. The minimum absolute atomic E-state index is 0.0508. The Kier molecular flexibility index (Phi) is 5.65. The summed E-state index contributed by atoms with van der Waals surface area (Å²) in [6, 6.07) is 7.47. The molecule has 0 unspecified atom stereocenters. The van der Waals surface area contributed by atoms with E-state index in [4.69, 9.17) is 4.74 Å². The summed E-state index contributed by atoms with van der Waals surface area (Å²) < 4.78 is 5.18. The number of nitrogens with zero attached hydrogens (tertiary/aromatic N) is 2. The second kappa shape index (κ2) is 7.32. The van der Waals surface area contributed by atoms with Gasteiger partial charge in [-0.25, -0.2) is 0 Å². The monoisotopic (exact) mass is 320 g/mol. The minimum Gasteiger partial charge on any atom is -0.497 e. The zero-order valence-electron chi connectivity index (χ0n) is 14.6. The number of carbonyl (C=O) groups excluding carboxylic acids is 1. The topological polar surface area (TPSA) is 53.0 Å². The lowest BCUT2D eigenvalue weighted by molar-refractivity contribution is -0.132. The van der Waals surface area contributed by atoms with Gasteiger partial charge in [-0.3, -0.25) is 9.69 Å². The maximum absolute atomic E-state index is 12.2. The lowest BCUT2D eigenvalue weighted by Gasteiger charge is -2.37. The fourth-order valence-electron chi connectivity index (χ4n) is 3.24. The van der Waals surface area contributed by atoms with Crippen molar-refractivity contribution in [2.45, 2.75) is 38.3 Å². The first-order chi connectivity index (χ1) is 10.9. The predicted octanol–water partition coefficient (Wildman–Crippen LogP) is 1.85. The molecule has 2 atom stereocenters. The van der Waals surface area contributed by atoms with Gasteiger partial charge in [0.1, 0.15) is 11.4 Å². The number of hydrogen-bond donors (Lipinski definition) is 1. The molecule has 1 aromatic rings. The molecule has 1 aromatic carbocycles. The third-order valence-corrected chi connectivity index (χ3v) is 4.93. The quantitative estimate of drug-likeness (QED) is 0.869. The Bertz CT molecular complexity index is 528. The highest BCUT2D eigenvalue weighted by molar-refractivity contribution is 5.78. The molecule has 1 aliphatic heterocycles. The molecule has 0 bridgehead atoms. The summed E-state index contributed by atoms with van der Waals surface area (Å²) in [5.41, 5.74) is -0.139. The van der Waals surface area contributed by atoms with E-state index in [-0.39, 0.29) is 11.9 Å². The fraction of sp³-hybridized carbons (Fsp3) is 0.611. The number of carbonyl (C=O) groups is 1. The Hall–Kier alpha value is -1.59. The molecule has 128 valence electrons. The van der Waals surface area contributed by atoms with E-state index in [1.165, 1.54) is 0 Å². The first kappa shape index (κ1) is 17.8. The highest BCUT2D eigenvalue weighted by Gasteiger charge is 2.41. The van der Waals surface area contributed by atoms with Crippen LogP contribution in [0, 0.1) is 0 Å². The summed E-state index contributed by atoms with van der Waals surface area (Å²) in [6.45, 7) is 5.71. The molecule has 0 aliphatic carbocycles. The zero-order chi connectivity index (χ0) is 17.0.